The molecule has 0 spiro atoms. The van der Waals surface area contributed by atoms with Gasteiger partial charge in [-0.2, -0.15) is 0 Å². The highest BCUT2D eigenvalue weighted by Crippen LogP contribution is 2.31. The van der Waals surface area contributed by atoms with Crippen molar-refractivity contribution in [3.63, 3.8) is 0 Å². The van der Waals surface area contributed by atoms with E-state index in [-0.39, 0.29) is 5.91 Å². The molecule has 2 saturated heterocycles. The topological polar surface area (TPSA) is 44.8 Å². The molecule has 0 radical (unpaired) electrons. The molecule has 31 heavy (non-hydrogen) atoms. The molecule has 0 unspecified atom stereocenters. The third kappa shape index (κ3) is 6.40. The summed E-state index contributed by atoms with van der Waals surface area (Å²) in [5.74, 6) is 0.610. The van der Waals surface area contributed by atoms with Gasteiger partial charge < -0.3 is 10.1 Å². The molecular weight excluding hydrogens is 494 g/mol. The first-order valence-corrected chi connectivity index (χ1v) is 12.2. The third-order valence-corrected chi connectivity index (χ3v) is 6.94. The predicted octanol–water partition coefficient (Wildman–Crippen LogP) is 4.13. The van der Waals surface area contributed by atoms with E-state index < -0.39 is 0 Å². The van der Waals surface area contributed by atoms with Crippen molar-refractivity contribution in [1.82, 2.24) is 15.1 Å². The van der Waals surface area contributed by atoms with Crippen LogP contribution in [0.1, 0.15) is 11.1 Å². The summed E-state index contributed by atoms with van der Waals surface area (Å²) in [6.45, 7) is 6.72. The van der Waals surface area contributed by atoms with E-state index in [4.69, 9.17) is 17.0 Å². The Kier molecular flexibility index (Phi) is 7.79. The molecule has 2 aliphatic heterocycles. The lowest BCUT2D eigenvalue weighted by molar-refractivity contribution is -0.115. The number of halogens is 1. The number of carbonyl (C=O) groups is 1. The van der Waals surface area contributed by atoms with Crippen LogP contribution < -0.4 is 10.1 Å². The van der Waals surface area contributed by atoms with Crippen LogP contribution in [0.5, 0.6) is 5.75 Å². The first-order chi connectivity index (χ1) is 15.1. The van der Waals surface area contributed by atoms with Gasteiger partial charge in [-0.25, -0.2) is 0 Å². The van der Waals surface area contributed by atoms with E-state index in [1.807, 2.05) is 24.3 Å². The fourth-order valence-electron chi connectivity index (χ4n) is 3.62. The second-order valence-electron chi connectivity index (χ2n) is 7.49. The Morgan fingerprint density at radius 2 is 1.84 bits per heavy atom. The highest BCUT2D eigenvalue weighted by atomic mass is 79.9. The smallest absolute Gasteiger partial charge is 0.263 e. The van der Waals surface area contributed by atoms with Crippen molar-refractivity contribution >= 4 is 56.2 Å². The van der Waals surface area contributed by atoms with E-state index in [2.05, 4.69) is 61.4 Å². The minimum Gasteiger partial charge on any atom is -0.492 e. The van der Waals surface area contributed by atoms with Crippen LogP contribution in [0.3, 0.4) is 0 Å². The summed E-state index contributed by atoms with van der Waals surface area (Å²) in [7, 11) is 0. The zero-order valence-electron chi connectivity index (χ0n) is 17.1. The first-order valence-electron chi connectivity index (χ1n) is 10.2. The number of rotatable bonds is 7. The molecule has 162 valence electrons. The van der Waals surface area contributed by atoms with E-state index in [1.165, 1.54) is 17.3 Å². The molecule has 0 atom stereocenters. The van der Waals surface area contributed by atoms with Crippen LogP contribution in [-0.2, 0) is 11.3 Å². The lowest BCUT2D eigenvalue weighted by Gasteiger charge is -2.34. The van der Waals surface area contributed by atoms with E-state index in [0.717, 1.165) is 55.1 Å². The van der Waals surface area contributed by atoms with Gasteiger partial charge in [0.25, 0.3) is 5.91 Å². The van der Waals surface area contributed by atoms with Gasteiger partial charge in [-0.15, -0.1) is 0 Å². The van der Waals surface area contributed by atoms with Crippen molar-refractivity contribution in [2.75, 3.05) is 39.3 Å². The van der Waals surface area contributed by atoms with Gasteiger partial charge in [-0.1, -0.05) is 70.2 Å². The van der Waals surface area contributed by atoms with Crippen molar-refractivity contribution < 1.29 is 9.53 Å². The number of hydrogen-bond donors (Lipinski definition) is 1. The van der Waals surface area contributed by atoms with Gasteiger partial charge in [-0.3, -0.25) is 14.6 Å². The molecule has 2 heterocycles. The number of ether oxygens (including phenoxy) is 1. The molecule has 0 saturated carbocycles. The standard InChI is InChI=1S/C23H24BrN3O2S2/c24-19-6-7-20(18(14-19)15-21-22(28)25-23(30)31-21)29-13-12-26-8-10-27(11-9-26)16-17-4-2-1-3-5-17/h1-7,14-15H,8-13,16H2,(H,25,28,30)/b21-15-. The molecule has 4 rings (SSSR count). The van der Waals surface area contributed by atoms with Gasteiger partial charge in [0, 0.05) is 49.3 Å². The fourth-order valence-corrected chi connectivity index (χ4v) is 5.04. The number of nitrogens with zero attached hydrogens (tertiary/aromatic N) is 2. The van der Waals surface area contributed by atoms with Crippen LogP contribution in [0.4, 0.5) is 0 Å². The molecule has 8 heteroatoms. The zero-order valence-corrected chi connectivity index (χ0v) is 20.3. The summed E-state index contributed by atoms with van der Waals surface area (Å²) >= 11 is 9.86. The maximum Gasteiger partial charge on any atom is 0.263 e. The molecule has 2 fully saturated rings. The Bertz CT molecular complexity index is 976. The van der Waals surface area contributed by atoms with Crippen molar-refractivity contribution in [2.24, 2.45) is 0 Å². The van der Waals surface area contributed by atoms with Gasteiger partial charge in [0.05, 0.1) is 4.91 Å². The van der Waals surface area contributed by atoms with Gasteiger partial charge in [-0.05, 0) is 29.8 Å². The highest BCUT2D eigenvalue weighted by molar-refractivity contribution is 9.10. The van der Waals surface area contributed by atoms with Crippen LogP contribution in [0.2, 0.25) is 0 Å². The normalized spacial score (nSPS) is 19.1. The van der Waals surface area contributed by atoms with E-state index in [9.17, 15) is 4.79 Å². The molecule has 0 aromatic heterocycles. The van der Waals surface area contributed by atoms with E-state index >= 15 is 0 Å². The SMILES string of the molecule is O=C1NC(=S)S/C1=C\c1cc(Br)ccc1OCCN1CCN(Cc2ccccc2)CC1. The Morgan fingerprint density at radius 3 is 2.55 bits per heavy atom. The number of hydrogen-bond acceptors (Lipinski definition) is 6. The number of carbonyl (C=O) groups excluding carboxylic acids is 1. The molecule has 1 amide bonds. The summed E-state index contributed by atoms with van der Waals surface area (Å²) in [6, 6.07) is 16.5. The maximum absolute atomic E-state index is 12.0. The van der Waals surface area contributed by atoms with Crippen LogP contribution in [0.25, 0.3) is 6.08 Å². The minimum absolute atomic E-state index is 0.158. The second kappa shape index (κ2) is 10.7. The van der Waals surface area contributed by atoms with Crippen LogP contribution >= 0.6 is 39.9 Å². The van der Waals surface area contributed by atoms with Crippen LogP contribution in [0, 0.1) is 0 Å². The van der Waals surface area contributed by atoms with Crippen LogP contribution in [0.15, 0.2) is 57.9 Å². The molecule has 5 nitrogen and oxygen atoms in total. The number of piperazine rings is 1. The fraction of sp³-hybridized carbons (Fsp3) is 0.304. The molecule has 0 bridgehead atoms. The summed E-state index contributed by atoms with van der Waals surface area (Å²) in [4.78, 5) is 17.5. The second-order valence-corrected chi connectivity index (χ2v) is 10.1. The third-order valence-electron chi connectivity index (χ3n) is 5.28. The van der Waals surface area contributed by atoms with Crippen molar-refractivity contribution in [3.05, 3.63) is 69.0 Å². The average molecular weight is 519 g/mol. The average Bonchev–Trinajstić information content (AvgIpc) is 3.08. The van der Waals surface area contributed by atoms with Gasteiger partial charge >= 0.3 is 0 Å². The van der Waals surface area contributed by atoms with Gasteiger partial charge in [0.15, 0.2) is 0 Å². The predicted molar refractivity (Wildman–Crippen MR) is 134 cm³/mol. The number of amides is 1. The monoisotopic (exact) mass is 517 g/mol. The molecule has 2 aromatic carbocycles. The molecule has 1 N–H and O–H groups in total. The molecular formula is C23H24BrN3O2S2. The van der Waals surface area contributed by atoms with E-state index in [1.54, 1.807) is 0 Å². The van der Waals surface area contributed by atoms with Crippen molar-refractivity contribution in [1.29, 1.82) is 0 Å². The lowest BCUT2D eigenvalue weighted by Crippen LogP contribution is -2.47. The summed E-state index contributed by atoms with van der Waals surface area (Å²) in [6.07, 6.45) is 1.84. The lowest BCUT2D eigenvalue weighted by atomic mass is 10.2. The maximum atomic E-state index is 12.0. The van der Waals surface area contributed by atoms with Crippen LogP contribution in [-0.4, -0.2) is 59.4 Å². The number of thioether (sulfide) groups is 1. The number of benzene rings is 2. The van der Waals surface area contributed by atoms with E-state index in [0.29, 0.717) is 15.8 Å². The minimum atomic E-state index is -0.158. The Morgan fingerprint density at radius 1 is 1.10 bits per heavy atom. The summed E-state index contributed by atoms with van der Waals surface area (Å²) in [5.41, 5.74) is 2.23. The number of nitrogens with one attached hydrogen (secondary N) is 1. The Balaban J connectivity index is 1.28. The quantitative estimate of drug-likeness (QED) is 0.440. The summed E-state index contributed by atoms with van der Waals surface area (Å²) in [5, 5.41) is 2.65. The molecule has 0 aliphatic carbocycles. The molecule has 2 aliphatic rings. The number of thiocarbonyl (C=S) groups is 1. The van der Waals surface area contributed by atoms with Crippen molar-refractivity contribution in [2.45, 2.75) is 6.54 Å². The Hall–Kier alpha value is -1.71. The largest absolute Gasteiger partial charge is 0.492 e. The zero-order chi connectivity index (χ0) is 21.6. The summed E-state index contributed by atoms with van der Waals surface area (Å²) < 4.78 is 7.52. The first kappa shape index (κ1) is 22.5. The van der Waals surface area contributed by atoms with Crippen molar-refractivity contribution in [3.8, 4) is 5.75 Å². The highest BCUT2D eigenvalue weighted by Gasteiger charge is 2.23. The Labute approximate surface area is 200 Å². The van der Waals surface area contributed by atoms with Gasteiger partial charge in [0.1, 0.15) is 16.7 Å². The van der Waals surface area contributed by atoms with Gasteiger partial charge in [0.2, 0.25) is 0 Å². The molecule has 2 aromatic rings.